The fraction of sp³-hybridized carbons (Fsp3) is 0.130. The Morgan fingerprint density at radius 3 is 2.31 bits per heavy atom. The maximum atomic E-state index is 13.6. The van der Waals surface area contributed by atoms with Crippen LogP contribution in [0.3, 0.4) is 0 Å². The quantitative estimate of drug-likeness (QED) is 0.450. The summed E-state index contributed by atoms with van der Waals surface area (Å²) in [6.45, 7) is 1.83. The van der Waals surface area contributed by atoms with Crippen LogP contribution in [-0.4, -0.2) is 27.6 Å². The van der Waals surface area contributed by atoms with Gasteiger partial charge in [0, 0.05) is 27.4 Å². The summed E-state index contributed by atoms with van der Waals surface area (Å²) in [7, 11) is -8.59. The van der Waals surface area contributed by atoms with Crippen molar-refractivity contribution < 1.29 is 16.8 Å². The molecule has 0 amide bonds. The number of hydrogen-bond donors (Lipinski definition) is 1. The van der Waals surface area contributed by atoms with Crippen molar-refractivity contribution in [3.05, 3.63) is 94.5 Å². The van der Waals surface area contributed by atoms with E-state index in [1.807, 2.05) is 25.1 Å². The van der Waals surface area contributed by atoms with Gasteiger partial charge < -0.3 is 4.98 Å². The molecule has 0 fully saturated rings. The van der Waals surface area contributed by atoms with Crippen molar-refractivity contribution in [3.63, 3.8) is 0 Å². The molecular weight excluding hydrogens is 468 g/mol. The van der Waals surface area contributed by atoms with E-state index in [0.29, 0.717) is 19.8 Å². The first-order valence-electron chi connectivity index (χ1n) is 9.89. The Morgan fingerprint density at radius 2 is 1.62 bits per heavy atom. The molecule has 0 radical (unpaired) electrons. The molecular formula is C23H19ClN2O4S2. The first-order valence-corrected chi connectivity index (χ1v) is 13.3. The van der Waals surface area contributed by atoms with Crippen LogP contribution in [-0.2, 0) is 20.0 Å². The van der Waals surface area contributed by atoms with Crippen molar-refractivity contribution in [2.24, 2.45) is 0 Å². The molecule has 164 valence electrons. The van der Waals surface area contributed by atoms with Gasteiger partial charge in [-0.05, 0) is 42.8 Å². The second-order valence-corrected chi connectivity index (χ2v) is 12.1. The highest BCUT2D eigenvalue weighted by Gasteiger charge is 2.46. The van der Waals surface area contributed by atoms with Crippen LogP contribution in [0.5, 0.6) is 0 Å². The summed E-state index contributed by atoms with van der Waals surface area (Å²) < 4.78 is 54.6. The molecule has 1 N–H and O–H groups in total. The van der Waals surface area contributed by atoms with E-state index in [0.717, 1.165) is 16.5 Å². The molecule has 0 spiro atoms. The molecule has 3 aromatic carbocycles. The number of halogens is 1. The normalized spacial score (nSPS) is 17.9. The van der Waals surface area contributed by atoms with Gasteiger partial charge in [-0.25, -0.2) is 8.42 Å². The van der Waals surface area contributed by atoms with Gasteiger partial charge in [-0.15, -0.1) is 3.71 Å². The van der Waals surface area contributed by atoms with Gasteiger partial charge >= 0.3 is 0 Å². The monoisotopic (exact) mass is 486 g/mol. The fourth-order valence-electron chi connectivity index (χ4n) is 4.18. The van der Waals surface area contributed by atoms with E-state index in [1.54, 1.807) is 42.5 Å². The Hall–Kier alpha value is -2.81. The van der Waals surface area contributed by atoms with Gasteiger partial charge in [0.15, 0.2) is 0 Å². The fourth-order valence-corrected chi connectivity index (χ4v) is 8.34. The molecule has 1 atom stereocenters. The average Bonchev–Trinajstić information content (AvgIpc) is 3.11. The minimum Gasteiger partial charge on any atom is -0.339 e. The lowest BCUT2D eigenvalue weighted by molar-refractivity contribution is 0.579. The molecule has 4 aromatic rings. The number of aromatic amines is 1. The summed E-state index contributed by atoms with van der Waals surface area (Å²) in [6.07, 6.45) is 0. The molecule has 0 aliphatic carbocycles. The number of para-hydroxylation sites is 1. The highest BCUT2D eigenvalue weighted by molar-refractivity contribution is 8.10. The van der Waals surface area contributed by atoms with E-state index < -0.39 is 26.0 Å². The van der Waals surface area contributed by atoms with Crippen LogP contribution < -0.4 is 3.71 Å². The first kappa shape index (κ1) is 21.1. The maximum Gasteiger partial charge on any atom is 0.278 e. The number of aromatic nitrogens is 1. The molecule has 5 rings (SSSR count). The van der Waals surface area contributed by atoms with Crippen molar-refractivity contribution in [2.75, 3.05) is 9.46 Å². The van der Waals surface area contributed by atoms with Crippen LogP contribution in [0.2, 0.25) is 5.02 Å². The molecule has 2 heterocycles. The van der Waals surface area contributed by atoms with Gasteiger partial charge in [0.25, 0.3) is 20.0 Å². The van der Waals surface area contributed by atoms with Crippen molar-refractivity contribution >= 4 is 48.4 Å². The number of aryl methyl sites for hydroxylation is 1. The smallest absolute Gasteiger partial charge is 0.278 e. The lowest BCUT2D eigenvalue weighted by Crippen LogP contribution is -2.43. The van der Waals surface area contributed by atoms with E-state index in [9.17, 15) is 16.8 Å². The number of benzene rings is 3. The number of anilines is 1. The van der Waals surface area contributed by atoms with E-state index in [-0.39, 0.29) is 16.5 Å². The molecule has 0 bridgehead atoms. The summed E-state index contributed by atoms with van der Waals surface area (Å²) in [5.41, 5.74) is 2.92. The Labute approximate surface area is 191 Å². The molecule has 1 aliphatic rings. The van der Waals surface area contributed by atoms with Crippen LogP contribution in [0.1, 0.15) is 22.6 Å². The van der Waals surface area contributed by atoms with Gasteiger partial charge in [-0.3, -0.25) is 0 Å². The SMILES string of the molecule is Cc1ccc(S(=O)(=O)N2c3[nH]c4ccccc4c3C(c3ccc(Cl)cc3)CS2(=O)=O)cc1. The number of hydrogen-bond acceptors (Lipinski definition) is 4. The Balaban J connectivity index is 1.79. The van der Waals surface area contributed by atoms with Gasteiger partial charge in [-0.2, -0.15) is 8.42 Å². The van der Waals surface area contributed by atoms with Gasteiger partial charge in [0.2, 0.25) is 0 Å². The highest BCUT2D eigenvalue weighted by Crippen LogP contribution is 2.46. The third kappa shape index (κ3) is 3.30. The number of rotatable bonds is 3. The number of fused-ring (bicyclic) bond motifs is 3. The molecule has 0 saturated carbocycles. The summed E-state index contributed by atoms with van der Waals surface area (Å²) in [4.78, 5) is 2.98. The standard InChI is InChI=1S/C23H19ClN2O4S2/c1-15-6-12-18(13-7-15)32(29,30)26-23-22(19-4-2-3-5-21(19)25-23)20(14-31(26,27)28)16-8-10-17(24)11-9-16/h2-13,20,25H,14H2,1H3. The highest BCUT2D eigenvalue weighted by atomic mass is 35.5. The van der Waals surface area contributed by atoms with Crippen molar-refractivity contribution in [1.82, 2.24) is 4.98 Å². The Morgan fingerprint density at radius 1 is 0.969 bits per heavy atom. The third-order valence-electron chi connectivity index (χ3n) is 5.70. The van der Waals surface area contributed by atoms with Crippen molar-refractivity contribution in [3.8, 4) is 0 Å². The van der Waals surface area contributed by atoms with E-state index in [2.05, 4.69) is 4.98 Å². The number of H-pyrrole nitrogens is 1. The average molecular weight is 487 g/mol. The predicted octanol–water partition coefficient (Wildman–Crippen LogP) is 4.80. The lowest BCUT2D eigenvalue weighted by Gasteiger charge is -2.32. The second kappa shape index (κ2) is 7.37. The zero-order valence-electron chi connectivity index (χ0n) is 17.0. The molecule has 9 heteroatoms. The summed E-state index contributed by atoms with van der Waals surface area (Å²) in [6, 6.07) is 20.4. The van der Waals surface area contributed by atoms with E-state index in [1.165, 1.54) is 12.1 Å². The van der Waals surface area contributed by atoms with Crippen LogP contribution in [0.15, 0.2) is 77.7 Å². The van der Waals surface area contributed by atoms with Crippen molar-refractivity contribution in [1.29, 1.82) is 0 Å². The second-order valence-electron chi connectivity index (χ2n) is 7.83. The zero-order valence-corrected chi connectivity index (χ0v) is 19.4. The minimum atomic E-state index is -4.37. The topological polar surface area (TPSA) is 87.3 Å². The zero-order chi connectivity index (χ0) is 22.7. The number of nitrogens with one attached hydrogen (secondary N) is 1. The molecule has 1 aliphatic heterocycles. The predicted molar refractivity (Wildman–Crippen MR) is 126 cm³/mol. The van der Waals surface area contributed by atoms with Crippen LogP contribution in [0.4, 0.5) is 5.82 Å². The van der Waals surface area contributed by atoms with Crippen LogP contribution in [0.25, 0.3) is 10.9 Å². The van der Waals surface area contributed by atoms with Crippen molar-refractivity contribution in [2.45, 2.75) is 17.7 Å². The van der Waals surface area contributed by atoms with Crippen LogP contribution >= 0.6 is 11.6 Å². The largest absolute Gasteiger partial charge is 0.339 e. The Kier molecular flexibility index (Phi) is 4.85. The van der Waals surface area contributed by atoms with Crippen LogP contribution in [0, 0.1) is 6.92 Å². The molecule has 1 unspecified atom stereocenters. The van der Waals surface area contributed by atoms with Gasteiger partial charge in [-0.1, -0.05) is 59.6 Å². The molecule has 0 saturated heterocycles. The van der Waals surface area contributed by atoms with Gasteiger partial charge in [0.05, 0.1) is 10.6 Å². The summed E-state index contributed by atoms with van der Waals surface area (Å²) >= 11 is 6.03. The number of sulfonamides is 2. The molecule has 32 heavy (non-hydrogen) atoms. The summed E-state index contributed by atoms with van der Waals surface area (Å²) in [5, 5.41) is 1.32. The number of nitrogens with zero attached hydrogens (tertiary/aromatic N) is 1. The summed E-state index contributed by atoms with van der Waals surface area (Å²) in [5.74, 6) is -0.875. The van der Waals surface area contributed by atoms with Gasteiger partial charge in [0.1, 0.15) is 5.82 Å². The van der Waals surface area contributed by atoms with E-state index in [4.69, 9.17) is 11.6 Å². The first-order chi connectivity index (χ1) is 15.2. The molecule has 1 aromatic heterocycles. The Bertz CT molecular complexity index is 1540. The minimum absolute atomic E-state index is 0.0537. The third-order valence-corrected chi connectivity index (χ3v) is 10.1. The molecule has 6 nitrogen and oxygen atoms in total. The van der Waals surface area contributed by atoms with E-state index >= 15 is 0 Å². The maximum absolute atomic E-state index is 13.6. The lowest BCUT2D eigenvalue weighted by atomic mass is 9.92.